The number of para-hydroxylation sites is 1. The summed E-state index contributed by atoms with van der Waals surface area (Å²) in [6.07, 6.45) is 4.34. The largest absolute Gasteiger partial charge is 0.469 e. The summed E-state index contributed by atoms with van der Waals surface area (Å²) >= 11 is 0. The highest BCUT2D eigenvalue weighted by molar-refractivity contribution is 6.00. The maximum atomic E-state index is 12.8. The zero-order valence-electron chi connectivity index (χ0n) is 14.4. The number of ether oxygens (including phenoxy) is 1. The van der Waals surface area contributed by atoms with E-state index < -0.39 is 0 Å². The van der Waals surface area contributed by atoms with E-state index in [-0.39, 0.29) is 29.9 Å². The minimum atomic E-state index is -0.125. The van der Waals surface area contributed by atoms with Crippen LogP contribution in [0.1, 0.15) is 39.0 Å². The van der Waals surface area contributed by atoms with Gasteiger partial charge in [-0.15, -0.1) is 0 Å². The molecule has 2 fully saturated rings. The minimum absolute atomic E-state index is 0.0204. The highest BCUT2D eigenvalue weighted by Crippen LogP contribution is 2.29. The highest BCUT2D eigenvalue weighted by atomic mass is 16.5. The lowest BCUT2D eigenvalue weighted by atomic mass is 9.85. The van der Waals surface area contributed by atoms with Gasteiger partial charge in [-0.25, -0.2) is 0 Å². The van der Waals surface area contributed by atoms with E-state index in [9.17, 15) is 9.59 Å². The summed E-state index contributed by atoms with van der Waals surface area (Å²) < 4.78 is 4.83. The first kappa shape index (κ1) is 17.0. The number of amides is 1. The molecule has 1 aromatic carbocycles. The third-order valence-electron chi connectivity index (χ3n) is 5.29. The van der Waals surface area contributed by atoms with E-state index in [0.717, 1.165) is 37.8 Å². The number of anilines is 1. The SMILES string of the molecule is COC(=O)C1CCC(N[C@H]2C[C@H](C)N(c3ccccc3)C2=O)CC1. The van der Waals surface area contributed by atoms with Crippen LogP contribution in [0.15, 0.2) is 30.3 Å². The van der Waals surface area contributed by atoms with Gasteiger partial charge in [0.25, 0.3) is 0 Å². The van der Waals surface area contributed by atoms with Gasteiger partial charge in [-0.3, -0.25) is 9.59 Å². The van der Waals surface area contributed by atoms with Crippen LogP contribution in [0.3, 0.4) is 0 Å². The monoisotopic (exact) mass is 330 g/mol. The summed E-state index contributed by atoms with van der Waals surface area (Å²) in [6.45, 7) is 2.10. The van der Waals surface area contributed by atoms with Crippen LogP contribution in [-0.2, 0) is 14.3 Å². The first-order valence-corrected chi connectivity index (χ1v) is 8.82. The molecule has 1 aliphatic carbocycles. The molecule has 0 bridgehead atoms. The second kappa shape index (κ2) is 7.34. The van der Waals surface area contributed by atoms with Crippen molar-refractivity contribution in [2.75, 3.05) is 12.0 Å². The Morgan fingerprint density at radius 1 is 1.17 bits per heavy atom. The molecule has 130 valence electrons. The maximum absolute atomic E-state index is 12.8. The minimum Gasteiger partial charge on any atom is -0.469 e. The standard InChI is InChI=1S/C19H26N2O3/c1-13-12-17(18(22)21(13)16-6-4-3-5-7-16)20-15-10-8-14(9-11-15)19(23)24-2/h3-7,13-15,17,20H,8-12H2,1-2H3/t13-,14?,15?,17-/m0/s1. The zero-order valence-corrected chi connectivity index (χ0v) is 14.4. The van der Waals surface area contributed by atoms with Crippen LogP contribution in [0.5, 0.6) is 0 Å². The Bertz CT molecular complexity index is 582. The third-order valence-corrected chi connectivity index (χ3v) is 5.29. The van der Waals surface area contributed by atoms with Crippen molar-refractivity contribution in [3.05, 3.63) is 30.3 Å². The first-order valence-electron chi connectivity index (χ1n) is 8.82. The maximum Gasteiger partial charge on any atom is 0.308 e. The number of nitrogens with zero attached hydrogens (tertiary/aromatic N) is 1. The lowest BCUT2D eigenvalue weighted by molar-refractivity contribution is -0.146. The van der Waals surface area contributed by atoms with Gasteiger partial charge in [0.2, 0.25) is 5.91 Å². The molecule has 3 rings (SSSR count). The van der Waals surface area contributed by atoms with Crippen LogP contribution in [0.25, 0.3) is 0 Å². The van der Waals surface area contributed by atoms with Gasteiger partial charge in [-0.1, -0.05) is 18.2 Å². The Morgan fingerprint density at radius 3 is 2.46 bits per heavy atom. The van der Waals surface area contributed by atoms with Crippen molar-refractivity contribution in [1.29, 1.82) is 0 Å². The van der Waals surface area contributed by atoms with Crippen molar-refractivity contribution in [2.24, 2.45) is 5.92 Å². The number of methoxy groups -OCH3 is 1. The normalized spacial score (nSPS) is 30.4. The summed E-state index contributed by atoms with van der Waals surface area (Å²) in [6, 6.07) is 10.2. The van der Waals surface area contributed by atoms with Crippen LogP contribution in [0, 0.1) is 5.92 Å². The predicted octanol–water partition coefficient (Wildman–Crippen LogP) is 2.50. The fourth-order valence-electron chi connectivity index (χ4n) is 3.99. The summed E-state index contributed by atoms with van der Waals surface area (Å²) in [5, 5.41) is 3.53. The van der Waals surface area contributed by atoms with Gasteiger partial charge in [0.15, 0.2) is 0 Å². The second-order valence-electron chi connectivity index (χ2n) is 6.92. The molecule has 1 heterocycles. The van der Waals surface area contributed by atoms with Gasteiger partial charge in [0, 0.05) is 17.8 Å². The number of esters is 1. The van der Waals surface area contributed by atoms with E-state index in [4.69, 9.17) is 4.74 Å². The molecule has 24 heavy (non-hydrogen) atoms. The van der Waals surface area contributed by atoms with E-state index in [0.29, 0.717) is 6.04 Å². The average molecular weight is 330 g/mol. The molecule has 5 heteroatoms. The number of carbonyl (C=O) groups is 2. The van der Waals surface area contributed by atoms with Gasteiger partial charge in [0.1, 0.15) is 0 Å². The Balaban J connectivity index is 1.57. The molecule has 1 amide bonds. The zero-order chi connectivity index (χ0) is 17.1. The fraction of sp³-hybridized carbons (Fsp3) is 0.579. The fourth-order valence-corrected chi connectivity index (χ4v) is 3.99. The van der Waals surface area contributed by atoms with Crippen molar-refractivity contribution in [1.82, 2.24) is 5.32 Å². The van der Waals surface area contributed by atoms with Crippen LogP contribution >= 0.6 is 0 Å². The van der Waals surface area contributed by atoms with Gasteiger partial charge in [-0.05, 0) is 51.2 Å². The predicted molar refractivity (Wildman–Crippen MR) is 92.7 cm³/mol. The molecule has 5 nitrogen and oxygen atoms in total. The van der Waals surface area contributed by atoms with Crippen molar-refractivity contribution in [3.8, 4) is 0 Å². The van der Waals surface area contributed by atoms with Gasteiger partial charge >= 0.3 is 5.97 Å². The van der Waals surface area contributed by atoms with E-state index >= 15 is 0 Å². The quantitative estimate of drug-likeness (QED) is 0.862. The third kappa shape index (κ3) is 3.46. The summed E-state index contributed by atoms with van der Waals surface area (Å²) in [5.41, 5.74) is 0.966. The van der Waals surface area contributed by atoms with Gasteiger partial charge < -0.3 is 15.0 Å². The number of hydrogen-bond donors (Lipinski definition) is 1. The Kier molecular flexibility index (Phi) is 5.19. The smallest absolute Gasteiger partial charge is 0.308 e. The molecule has 1 aliphatic heterocycles. The summed E-state index contributed by atoms with van der Waals surface area (Å²) in [7, 11) is 1.45. The summed E-state index contributed by atoms with van der Waals surface area (Å²) in [4.78, 5) is 26.3. The number of hydrogen-bond acceptors (Lipinski definition) is 4. The van der Waals surface area contributed by atoms with E-state index in [1.807, 2.05) is 35.2 Å². The van der Waals surface area contributed by atoms with Crippen molar-refractivity contribution in [3.63, 3.8) is 0 Å². The van der Waals surface area contributed by atoms with Crippen molar-refractivity contribution in [2.45, 2.75) is 57.2 Å². The first-order chi connectivity index (χ1) is 11.6. The average Bonchev–Trinajstić information content (AvgIpc) is 2.89. The molecule has 2 atom stereocenters. The number of rotatable bonds is 4. The summed E-state index contributed by atoms with van der Waals surface area (Å²) in [5.74, 6) is 0.0742. The van der Waals surface area contributed by atoms with E-state index in [1.54, 1.807) is 0 Å². The molecule has 1 N–H and O–H groups in total. The number of benzene rings is 1. The molecular formula is C19H26N2O3. The molecular weight excluding hydrogens is 304 g/mol. The Morgan fingerprint density at radius 2 is 1.83 bits per heavy atom. The molecule has 0 aromatic heterocycles. The van der Waals surface area contributed by atoms with Crippen LogP contribution in [-0.4, -0.2) is 37.1 Å². The lowest BCUT2D eigenvalue weighted by Gasteiger charge is -2.29. The molecule has 1 aromatic rings. The van der Waals surface area contributed by atoms with Crippen LogP contribution < -0.4 is 10.2 Å². The molecule has 0 radical (unpaired) electrons. The highest BCUT2D eigenvalue weighted by Gasteiger charge is 2.39. The van der Waals surface area contributed by atoms with E-state index in [2.05, 4.69) is 12.2 Å². The number of carbonyl (C=O) groups excluding carboxylic acids is 2. The topological polar surface area (TPSA) is 58.6 Å². The van der Waals surface area contributed by atoms with Gasteiger partial charge in [-0.2, -0.15) is 0 Å². The molecule has 0 unspecified atom stereocenters. The molecule has 2 aliphatic rings. The Labute approximate surface area is 143 Å². The van der Waals surface area contributed by atoms with Crippen molar-refractivity contribution < 1.29 is 14.3 Å². The number of nitrogens with one attached hydrogen (secondary N) is 1. The molecule has 1 saturated heterocycles. The van der Waals surface area contributed by atoms with Crippen LogP contribution in [0.4, 0.5) is 5.69 Å². The van der Waals surface area contributed by atoms with Gasteiger partial charge in [0.05, 0.1) is 19.1 Å². The second-order valence-corrected chi connectivity index (χ2v) is 6.92. The Hall–Kier alpha value is -1.88. The van der Waals surface area contributed by atoms with E-state index in [1.165, 1.54) is 7.11 Å². The molecule has 0 spiro atoms. The van der Waals surface area contributed by atoms with Crippen molar-refractivity contribution >= 4 is 17.6 Å². The van der Waals surface area contributed by atoms with Crippen LogP contribution in [0.2, 0.25) is 0 Å². The molecule has 1 saturated carbocycles. The lowest BCUT2D eigenvalue weighted by Crippen LogP contribution is -2.45.